The molecule has 0 bridgehead atoms. The Kier molecular flexibility index (Phi) is 65.2. The minimum Gasteiger partial charge on any atom is -0.462 e. The highest BCUT2D eigenvalue weighted by Crippen LogP contribution is 2.16. The number of hydrogen-bond acceptors (Lipinski definition) is 6. The molecule has 0 fully saturated rings. The number of carbonyl (C=O) groups is 3. The van der Waals surface area contributed by atoms with Gasteiger partial charge in [-0.2, -0.15) is 0 Å². The summed E-state index contributed by atoms with van der Waals surface area (Å²) in [5.41, 5.74) is 0. The minimum absolute atomic E-state index is 0.0840. The summed E-state index contributed by atoms with van der Waals surface area (Å²) in [4.78, 5) is 38.5. The Hall–Kier alpha value is -3.41. The second-order valence-electron chi connectivity index (χ2n) is 23.1. The van der Waals surface area contributed by atoms with Crippen LogP contribution in [0.1, 0.15) is 348 Å². The first-order valence-corrected chi connectivity index (χ1v) is 34.6. The van der Waals surface area contributed by atoms with Gasteiger partial charge in [0.15, 0.2) is 6.10 Å². The van der Waals surface area contributed by atoms with Gasteiger partial charge in [0.25, 0.3) is 0 Å². The Bertz CT molecular complexity index is 1520. The van der Waals surface area contributed by atoms with Crippen LogP contribution in [-0.2, 0) is 28.6 Å². The smallest absolute Gasteiger partial charge is 0.306 e. The number of hydrogen-bond donors (Lipinski definition) is 0. The third kappa shape index (κ3) is 65.4. The van der Waals surface area contributed by atoms with Gasteiger partial charge in [-0.25, -0.2) is 0 Å². The zero-order chi connectivity index (χ0) is 57.8. The van der Waals surface area contributed by atoms with Crippen molar-refractivity contribution in [3.63, 3.8) is 0 Å². The van der Waals surface area contributed by atoms with E-state index in [0.29, 0.717) is 19.3 Å². The average Bonchev–Trinajstić information content (AvgIpc) is 3.46. The largest absolute Gasteiger partial charge is 0.462 e. The lowest BCUT2D eigenvalue weighted by Gasteiger charge is -2.18. The molecule has 0 heterocycles. The molecule has 1 atom stereocenters. The molecule has 0 N–H and O–H groups in total. The molecular weight excluding hydrogens is 985 g/mol. The molecule has 6 heteroatoms. The zero-order valence-corrected chi connectivity index (χ0v) is 53.1. The van der Waals surface area contributed by atoms with Crippen LogP contribution in [0.25, 0.3) is 0 Å². The summed E-state index contributed by atoms with van der Waals surface area (Å²) >= 11 is 0. The summed E-state index contributed by atoms with van der Waals surface area (Å²) in [5.74, 6) is -0.889. The van der Waals surface area contributed by atoms with Crippen molar-refractivity contribution in [2.24, 2.45) is 0 Å². The number of allylic oxidation sites excluding steroid dienone is 14. The maximum absolute atomic E-state index is 12.9. The molecule has 0 spiro atoms. The Morgan fingerprint density at radius 1 is 0.250 bits per heavy atom. The van der Waals surface area contributed by atoms with E-state index in [0.717, 1.165) is 96.3 Å². The van der Waals surface area contributed by atoms with Crippen LogP contribution in [0.15, 0.2) is 85.1 Å². The monoisotopic (exact) mass is 1110 g/mol. The van der Waals surface area contributed by atoms with E-state index in [1.54, 1.807) is 0 Å². The van der Waals surface area contributed by atoms with Crippen LogP contribution in [0.3, 0.4) is 0 Å². The van der Waals surface area contributed by atoms with Crippen LogP contribution >= 0.6 is 0 Å². The normalized spacial score (nSPS) is 12.6. The molecular formula is C74H130O6. The Morgan fingerprint density at radius 2 is 0.450 bits per heavy atom. The van der Waals surface area contributed by atoms with E-state index in [-0.39, 0.29) is 31.1 Å². The van der Waals surface area contributed by atoms with Crippen molar-refractivity contribution in [3.05, 3.63) is 85.1 Å². The Balaban J connectivity index is 4.38. The molecule has 0 rings (SSSR count). The van der Waals surface area contributed by atoms with E-state index in [9.17, 15) is 14.4 Å². The van der Waals surface area contributed by atoms with Gasteiger partial charge < -0.3 is 14.2 Å². The predicted molar refractivity (Wildman–Crippen MR) is 348 cm³/mol. The first-order valence-electron chi connectivity index (χ1n) is 34.6. The first-order chi connectivity index (χ1) is 39.5. The zero-order valence-electron chi connectivity index (χ0n) is 53.1. The minimum atomic E-state index is -0.790. The first kappa shape index (κ1) is 76.6. The van der Waals surface area contributed by atoms with E-state index < -0.39 is 6.10 Å². The van der Waals surface area contributed by atoms with Crippen LogP contribution in [0.2, 0.25) is 0 Å². The standard InChI is InChI=1S/C74H130O6/c1-4-7-10-13-16-19-22-25-28-31-34-35-36-37-38-39-41-43-46-49-52-55-58-61-64-67-73(76)79-70-71(69-78-72(75)66-63-60-57-54-51-48-45-42-33-30-27-24-21-18-15-12-9-6-3)80-74(77)68-65-62-59-56-53-50-47-44-40-32-29-26-23-20-17-14-11-8-5-2/h17,20,22,25-26,29-31,33-34,36-37,40,44,71H,4-16,18-19,21,23-24,27-28,32,35,38-39,41-43,45-70H2,1-3H3/b20-17-,25-22-,29-26-,33-30-,34-31-,37-36-,44-40-. The van der Waals surface area contributed by atoms with E-state index in [1.165, 1.54) is 212 Å². The van der Waals surface area contributed by atoms with Gasteiger partial charge in [0.1, 0.15) is 13.2 Å². The fourth-order valence-corrected chi connectivity index (χ4v) is 9.87. The van der Waals surface area contributed by atoms with Crippen molar-refractivity contribution in [2.75, 3.05) is 13.2 Å². The molecule has 0 radical (unpaired) electrons. The van der Waals surface area contributed by atoms with Gasteiger partial charge in [-0.3, -0.25) is 14.4 Å². The molecule has 80 heavy (non-hydrogen) atoms. The summed E-state index contributed by atoms with van der Waals surface area (Å²) in [5, 5.41) is 0. The Labute approximate surface area is 496 Å². The lowest BCUT2D eigenvalue weighted by molar-refractivity contribution is -0.167. The van der Waals surface area contributed by atoms with Crippen molar-refractivity contribution in [1.82, 2.24) is 0 Å². The number of carbonyl (C=O) groups excluding carboxylic acids is 3. The maximum Gasteiger partial charge on any atom is 0.306 e. The van der Waals surface area contributed by atoms with Crippen molar-refractivity contribution >= 4 is 17.9 Å². The summed E-state index contributed by atoms with van der Waals surface area (Å²) in [7, 11) is 0. The molecule has 462 valence electrons. The lowest BCUT2D eigenvalue weighted by atomic mass is 10.1. The Morgan fingerprint density at radius 3 is 0.738 bits per heavy atom. The summed E-state index contributed by atoms with van der Waals surface area (Å²) in [6.07, 6.45) is 90.2. The number of ether oxygens (including phenoxy) is 3. The molecule has 0 saturated heterocycles. The third-order valence-corrected chi connectivity index (χ3v) is 15.1. The molecule has 0 aromatic carbocycles. The van der Waals surface area contributed by atoms with Crippen LogP contribution < -0.4 is 0 Å². The fourth-order valence-electron chi connectivity index (χ4n) is 9.87. The quantitative estimate of drug-likeness (QED) is 0.0261. The van der Waals surface area contributed by atoms with Crippen molar-refractivity contribution in [3.8, 4) is 0 Å². The highest BCUT2D eigenvalue weighted by atomic mass is 16.6. The van der Waals surface area contributed by atoms with Gasteiger partial charge >= 0.3 is 17.9 Å². The van der Waals surface area contributed by atoms with Crippen molar-refractivity contribution < 1.29 is 28.6 Å². The topological polar surface area (TPSA) is 78.9 Å². The second-order valence-corrected chi connectivity index (χ2v) is 23.1. The molecule has 0 saturated carbocycles. The van der Waals surface area contributed by atoms with E-state index >= 15 is 0 Å². The number of esters is 3. The second kappa shape index (κ2) is 68.1. The number of rotatable bonds is 63. The van der Waals surface area contributed by atoms with Crippen molar-refractivity contribution in [1.29, 1.82) is 0 Å². The van der Waals surface area contributed by atoms with Gasteiger partial charge in [0, 0.05) is 19.3 Å². The average molecular weight is 1120 g/mol. The summed E-state index contributed by atoms with van der Waals surface area (Å²) in [6, 6.07) is 0. The molecule has 0 aliphatic rings. The van der Waals surface area contributed by atoms with Crippen LogP contribution in [-0.4, -0.2) is 37.2 Å². The van der Waals surface area contributed by atoms with E-state index in [4.69, 9.17) is 14.2 Å². The van der Waals surface area contributed by atoms with Gasteiger partial charge in [-0.1, -0.05) is 292 Å². The molecule has 0 aliphatic carbocycles. The van der Waals surface area contributed by atoms with Crippen LogP contribution in [0.5, 0.6) is 0 Å². The molecule has 0 aromatic rings. The van der Waals surface area contributed by atoms with Crippen LogP contribution in [0.4, 0.5) is 0 Å². The van der Waals surface area contributed by atoms with Gasteiger partial charge in [0.2, 0.25) is 0 Å². The van der Waals surface area contributed by atoms with Crippen molar-refractivity contribution in [2.45, 2.75) is 354 Å². The van der Waals surface area contributed by atoms with Crippen LogP contribution in [0, 0.1) is 0 Å². The molecule has 0 aromatic heterocycles. The molecule has 0 aliphatic heterocycles. The van der Waals surface area contributed by atoms with Gasteiger partial charge in [-0.05, 0) is 122 Å². The lowest BCUT2D eigenvalue weighted by Crippen LogP contribution is -2.30. The third-order valence-electron chi connectivity index (χ3n) is 15.1. The SMILES string of the molecule is CCCCC/C=C\C/C=C\C/C=C\CCCCCCCCC(=O)OC(COC(=O)CCCCCCCCC/C=C\CCCCCCCCC)COC(=O)CCCCCCCCCCCC/C=C\C/C=C\C/C=C\CCCCCCC. The van der Waals surface area contributed by atoms with Gasteiger partial charge in [0.05, 0.1) is 0 Å². The fraction of sp³-hybridized carbons (Fsp3) is 0.770. The summed E-state index contributed by atoms with van der Waals surface area (Å²) < 4.78 is 17.0. The van der Waals surface area contributed by atoms with E-state index in [1.807, 2.05) is 0 Å². The highest BCUT2D eigenvalue weighted by Gasteiger charge is 2.19. The van der Waals surface area contributed by atoms with E-state index in [2.05, 4.69) is 106 Å². The maximum atomic E-state index is 12.9. The highest BCUT2D eigenvalue weighted by molar-refractivity contribution is 5.71. The molecule has 0 amide bonds. The molecule has 6 nitrogen and oxygen atoms in total. The summed E-state index contributed by atoms with van der Waals surface area (Å²) in [6.45, 7) is 6.62. The number of unbranched alkanes of at least 4 members (excludes halogenated alkanes) is 38. The van der Waals surface area contributed by atoms with Gasteiger partial charge in [-0.15, -0.1) is 0 Å². The molecule has 1 unspecified atom stereocenters. The predicted octanol–water partition coefficient (Wildman–Crippen LogP) is 23.8.